The van der Waals surface area contributed by atoms with Crippen LogP contribution in [0.25, 0.3) is 0 Å². The third-order valence-electron chi connectivity index (χ3n) is 3.68. The van der Waals surface area contributed by atoms with Gasteiger partial charge in [0.1, 0.15) is 0 Å². The van der Waals surface area contributed by atoms with Crippen molar-refractivity contribution in [3.63, 3.8) is 0 Å². The molecule has 2 unspecified atom stereocenters. The minimum Gasteiger partial charge on any atom is -0.370 e. The first-order chi connectivity index (χ1) is 10.5. The van der Waals surface area contributed by atoms with Crippen LogP contribution in [0.3, 0.4) is 0 Å². The Labute approximate surface area is 145 Å². The fourth-order valence-corrected chi connectivity index (χ4v) is 4.82. The molecule has 0 heterocycles. The first-order valence-electron chi connectivity index (χ1n) is 8.48. The fraction of sp³-hybridized carbons (Fsp3) is 0.824. The number of nitrogens with zero attached hydrogens (tertiary/aromatic N) is 1. The normalized spacial score (nSPS) is 14.6. The van der Waals surface area contributed by atoms with Crippen molar-refractivity contribution in [3.05, 3.63) is 11.6 Å². The summed E-state index contributed by atoms with van der Waals surface area (Å²) in [5.41, 5.74) is 12.2. The van der Waals surface area contributed by atoms with Crippen molar-refractivity contribution in [2.24, 2.45) is 22.4 Å². The zero-order valence-electron chi connectivity index (χ0n) is 14.8. The number of nitrogens with two attached hydrogens (primary N) is 2. The van der Waals surface area contributed by atoms with Crippen molar-refractivity contribution in [2.75, 3.05) is 12.3 Å². The van der Waals surface area contributed by atoms with Crippen molar-refractivity contribution >= 4 is 27.5 Å². The van der Waals surface area contributed by atoms with Crippen molar-refractivity contribution in [3.8, 4) is 0 Å². The Hall–Kier alpha value is -0.290. The number of hydrogen-bond acceptors (Lipinski definition) is 3. The first-order valence-corrected chi connectivity index (χ1v) is 10.9. The van der Waals surface area contributed by atoms with E-state index in [9.17, 15) is 0 Å². The Bertz CT molecular complexity index is 326. The van der Waals surface area contributed by atoms with Gasteiger partial charge in [-0.1, -0.05) is 66.8 Å². The molecule has 0 saturated heterocycles. The molecule has 2 atom stereocenters. The lowest BCUT2D eigenvalue weighted by Crippen LogP contribution is -2.23. The van der Waals surface area contributed by atoms with Crippen molar-refractivity contribution < 1.29 is 0 Å². The third kappa shape index (κ3) is 13.4. The summed E-state index contributed by atoms with van der Waals surface area (Å²) in [7, 11) is 3.88. The smallest absolute Gasteiger partial charge is 0.185 e. The molecule has 0 radical (unpaired) electrons. The Balaban J connectivity index is 4.05. The van der Waals surface area contributed by atoms with Crippen LogP contribution >= 0.6 is 21.6 Å². The highest BCUT2D eigenvalue weighted by atomic mass is 33.1. The number of rotatable bonds is 13. The van der Waals surface area contributed by atoms with E-state index in [0.717, 1.165) is 11.7 Å². The van der Waals surface area contributed by atoms with Gasteiger partial charge in [0.25, 0.3) is 0 Å². The minimum absolute atomic E-state index is 0.191. The molecule has 0 saturated carbocycles. The average molecular weight is 346 g/mol. The largest absolute Gasteiger partial charge is 0.370 e. The summed E-state index contributed by atoms with van der Waals surface area (Å²) >= 11 is 0. The molecule has 0 spiro atoms. The maximum absolute atomic E-state index is 5.33. The van der Waals surface area contributed by atoms with Crippen LogP contribution in [-0.2, 0) is 0 Å². The molecule has 0 aromatic heterocycles. The van der Waals surface area contributed by atoms with Crippen LogP contribution in [0.15, 0.2) is 16.6 Å². The zero-order valence-corrected chi connectivity index (χ0v) is 16.4. The van der Waals surface area contributed by atoms with E-state index in [4.69, 9.17) is 11.5 Å². The van der Waals surface area contributed by atoms with E-state index in [2.05, 4.69) is 38.8 Å². The van der Waals surface area contributed by atoms with Gasteiger partial charge < -0.3 is 11.5 Å². The molecule has 0 aliphatic rings. The van der Waals surface area contributed by atoms with Crippen LogP contribution in [0, 0.1) is 5.92 Å². The molecular formula is C17H35N3S2. The monoisotopic (exact) mass is 345 g/mol. The summed E-state index contributed by atoms with van der Waals surface area (Å²) < 4.78 is 0. The van der Waals surface area contributed by atoms with Crippen molar-refractivity contribution in [1.29, 1.82) is 0 Å². The highest BCUT2D eigenvalue weighted by molar-refractivity contribution is 8.76. The van der Waals surface area contributed by atoms with Crippen LogP contribution < -0.4 is 11.5 Å². The highest BCUT2D eigenvalue weighted by Gasteiger charge is 2.09. The summed E-state index contributed by atoms with van der Waals surface area (Å²) in [5.74, 6) is 2.01. The third-order valence-corrected chi connectivity index (χ3v) is 6.57. The Morgan fingerprint density at radius 3 is 2.55 bits per heavy atom. The zero-order chi connectivity index (χ0) is 16.8. The van der Waals surface area contributed by atoms with Gasteiger partial charge in [0.2, 0.25) is 0 Å². The molecule has 5 heteroatoms. The van der Waals surface area contributed by atoms with Crippen molar-refractivity contribution in [2.45, 2.75) is 71.5 Å². The Morgan fingerprint density at radius 2 is 1.95 bits per heavy atom. The first kappa shape index (κ1) is 21.7. The van der Waals surface area contributed by atoms with E-state index < -0.39 is 0 Å². The van der Waals surface area contributed by atoms with E-state index in [1.165, 1.54) is 38.5 Å². The fourth-order valence-electron chi connectivity index (χ4n) is 2.12. The topological polar surface area (TPSA) is 64.4 Å². The van der Waals surface area contributed by atoms with E-state index >= 15 is 0 Å². The molecule has 0 fully saturated rings. The molecule has 0 aliphatic heterocycles. The summed E-state index contributed by atoms with van der Waals surface area (Å²) in [5, 5.41) is 0.703. The number of allylic oxidation sites excluding steroid dienone is 2. The highest BCUT2D eigenvalue weighted by Crippen LogP contribution is 2.33. The van der Waals surface area contributed by atoms with E-state index in [-0.39, 0.29) is 5.96 Å². The molecule has 22 heavy (non-hydrogen) atoms. The maximum Gasteiger partial charge on any atom is 0.185 e. The molecule has 0 aliphatic carbocycles. The van der Waals surface area contributed by atoms with Gasteiger partial charge in [0.05, 0.1) is 6.54 Å². The molecule has 0 rings (SSSR count). The number of hydrogen-bond donors (Lipinski definition) is 2. The summed E-state index contributed by atoms with van der Waals surface area (Å²) in [6, 6.07) is 0. The second kappa shape index (κ2) is 14.3. The molecular weight excluding hydrogens is 310 g/mol. The molecule has 0 bridgehead atoms. The van der Waals surface area contributed by atoms with Crippen LogP contribution in [0.2, 0.25) is 0 Å². The van der Waals surface area contributed by atoms with Gasteiger partial charge in [-0.15, -0.1) is 0 Å². The van der Waals surface area contributed by atoms with Gasteiger partial charge >= 0.3 is 0 Å². The van der Waals surface area contributed by atoms with E-state index in [0.29, 0.717) is 11.8 Å². The lowest BCUT2D eigenvalue weighted by Gasteiger charge is -2.15. The standard InChI is InChI=1S/C17H35N3S2/c1-5-8-16(22-21-12-11-20-17(18)19)13-15(4)10-7-9-14(3)6-2/h10,14,16H,5-9,11-13H2,1-4H3,(H4,18,19,20)/b15-10+. The quantitative estimate of drug-likeness (QED) is 0.163. The minimum atomic E-state index is 0.191. The second-order valence-corrected chi connectivity index (χ2v) is 8.77. The van der Waals surface area contributed by atoms with Gasteiger partial charge in [-0.05, 0) is 38.5 Å². The molecule has 0 aromatic carbocycles. The lowest BCUT2D eigenvalue weighted by molar-refractivity contribution is 0.520. The molecule has 130 valence electrons. The van der Waals surface area contributed by atoms with Crippen molar-refractivity contribution in [1.82, 2.24) is 0 Å². The van der Waals surface area contributed by atoms with E-state index in [1.807, 2.05) is 21.6 Å². The van der Waals surface area contributed by atoms with E-state index in [1.54, 1.807) is 5.57 Å². The van der Waals surface area contributed by atoms with Gasteiger partial charge in [-0.25, -0.2) is 0 Å². The Morgan fingerprint density at radius 1 is 1.23 bits per heavy atom. The van der Waals surface area contributed by atoms with Crippen LogP contribution in [0.4, 0.5) is 0 Å². The summed E-state index contributed by atoms with van der Waals surface area (Å²) in [6.45, 7) is 9.87. The van der Waals surface area contributed by atoms with Crippen LogP contribution in [0.1, 0.15) is 66.2 Å². The number of guanidine groups is 1. The van der Waals surface area contributed by atoms with Gasteiger partial charge in [-0.3, -0.25) is 4.99 Å². The predicted octanol–water partition coefficient (Wildman–Crippen LogP) is 4.97. The summed E-state index contributed by atoms with van der Waals surface area (Å²) in [6.07, 6.45) is 9.98. The Kier molecular flexibility index (Phi) is 14.1. The van der Waals surface area contributed by atoms with Gasteiger partial charge in [0.15, 0.2) is 5.96 Å². The molecule has 0 aromatic rings. The van der Waals surface area contributed by atoms with Gasteiger partial charge in [-0.2, -0.15) is 0 Å². The molecule has 4 N–H and O–H groups in total. The molecule has 0 amide bonds. The number of aliphatic imine (C=N–C) groups is 1. The second-order valence-electron chi connectivity index (χ2n) is 5.98. The van der Waals surface area contributed by atoms with Crippen LogP contribution in [-0.4, -0.2) is 23.5 Å². The maximum atomic E-state index is 5.33. The average Bonchev–Trinajstić information content (AvgIpc) is 2.46. The van der Waals surface area contributed by atoms with Crippen LogP contribution in [0.5, 0.6) is 0 Å². The predicted molar refractivity (Wildman–Crippen MR) is 106 cm³/mol. The van der Waals surface area contributed by atoms with Gasteiger partial charge in [0, 0.05) is 11.0 Å². The summed E-state index contributed by atoms with van der Waals surface area (Å²) in [4.78, 5) is 4.02. The molecule has 3 nitrogen and oxygen atoms in total. The lowest BCUT2D eigenvalue weighted by atomic mass is 10.0. The SMILES string of the molecule is CCCC(C/C(C)=C/CCC(C)CC)SSCCN=C(N)N.